The van der Waals surface area contributed by atoms with Crippen molar-refractivity contribution in [3.8, 4) is 0 Å². The highest BCUT2D eigenvalue weighted by atomic mass is 19.1. The monoisotopic (exact) mass is 475 g/mol. The second-order valence-corrected chi connectivity index (χ2v) is 8.14. The van der Waals surface area contributed by atoms with E-state index in [-0.39, 0.29) is 28.8 Å². The Morgan fingerprint density at radius 2 is 1.43 bits per heavy atom. The molecule has 0 spiro atoms. The van der Waals surface area contributed by atoms with E-state index >= 15 is 0 Å². The van der Waals surface area contributed by atoms with E-state index in [1.54, 1.807) is 60.5 Å². The number of hydrogen-bond donors (Lipinski definition) is 0. The predicted molar refractivity (Wildman–Crippen MR) is 131 cm³/mol. The van der Waals surface area contributed by atoms with Gasteiger partial charge in [-0.05, 0) is 36.4 Å². The highest BCUT2D eigenvalue weighted by Crippen LogP contribution is 2.21. The smallest absolute Gasteiger partial charge is 0.339 e. The summed E-state index contributed by atoms with van der Waals surface area (Å²) >= 11 is 0. The van der Waals surface area contributed by atoms with Crippen molar-refractivity contribution in [2.24, 2.45) is 0 Å². The van der Waals surface area contributed by atoms with Crippen molar-refractivity contribution in [2.75, 3.05) is 49.6 Å². The topological polar surface area (TPSA) is 70.2 Å². The average Bonchev–Trinajstić information content (AvgIpc) is 2.91. The molecule has 0 aliphatic carbocycles. The van der Waals surface area contributed by atoms with Crippen LogP contribution in [0, 0.1) is 5.82 Å². The van der Waals surface area contributed by atoms with Gasteiger partial charge in [-0.25, -0.2) is 9.18 Å². The first kappa shape index (κ1) is 23.9. The number of ether oxygens (including phenoxy) is 1. The number of halogens is 1. The van der Waals surface area contributed by atoms with Crippen LogP contribution < -0.4 is 9.80 Å². The number of para-hydroxylation sites is 2. The fourth-order valence-corrected chi connectivity index (χ4v) is 4.00. The Bertz CT molecular complexity index is 1210. The van der Waals surface area contributed by atoms with Crippen molar-refractivity contribution in [1.29, 1.82) is 0 Å². The van der Waals surface area contributed by atoms with Crippen molar-refractivity contribution >= 4 is 29.2 Å². The molecule has 3 aromatic carbocycles. The molecule has 4 rings (SSSR count). The molecule has 2 amide bonds. The van der Waals surface area contributed by atoms with E-state index in [1.807, 2.05) is 23.1 Å². The van der Waals surface area contributed by atoms with Gasteiger partial charge in [0.05, 0.1) is 16.8 Å². The molecule has 180 valence electrons. The normalized spacial score (nSPS) is 13.3. The van der Waals surface area contributed by atoms with Gasteiger partial charge in [0.15, 0.2) is 6.61 Å². The second-order valence-electron chi connectivity index (χ2n) is 8.14. The van der Waals surface area contributed by atoms with E-state index < -0.39 is 12.6 Å². The van der Waals surface area contributed by atoms with Gasteiger partial charge in [-0.3, -0.25) is 9.59 Å². The zero-order valence-corrected chi connectivity index (χ0v) is 19.4. The van der Waals surface area contributed by atoms with Crippen molar-refractivity contribution in [1.82, 2.24) is 4.90 Å². The van der Waals surface area contributed by atoms with E-state index in [0.717, 1.165) is 0 Å². The Kier molecular flexibility index (Phi) is 7.40. The van der Waals surface area contributed by atoms with Gasteiger partial charge in [-0.2, -0.15) is 0 Å². The third-order valence-corrected chi connectivity index (χ3v) is 5.98. The highest BCUT2D eigenvalue weighted by molar-refractivity contribution is 6.12. The largest absolute Gasteiger partial charge is 0.452 e. The summed E-state index contributed by atoms with van der Waals surface area (Å²) in [6.07, 6.45) is 0. The van der Waals surface area contributed by atoms with E-state index in [2.05, 4.69) is 0 Å². The third kappa shape index (κ3) is 5.48. The second kappa shape index (κ2) is 10.8. The summed E-state index contributed by atoms with van der Waals surface area (Å²) < 4.78 is 19.3. The molecule has 1 fully saturated rings. The maximum absolute atomic E-state index is 14.0. The minimum absolute atomic E-state index is 0.0949. The molecule has 0 unspecified atom stereocenters. The van der Waals surface area contributed by atoms with Crippen molar-refractivity contribution < 1.29 is 23.5 Å². The van der Waals surface area contributed by atoms with E-state index in [4.69, 9.17) is 4.74 Å². The summed E-state index contributed by atoms with van der Waals surface area (Å²) in [5.74, 6) is -1.74. The Morgan fingerprint density at radius 1 is 0.829 bits per heavy atom. The first-order valence-corrected chi connectivity index (χ1v) is 11.3. The number of amides is 2. The number of piperazine rings is 1. The summed E-state index contributed by atoms with van der Waals surface area (Å²) in [5, 5.41) is 0. The number of hydrogen-bond acceptors (Lipinski definition) is 5. The van der Waals surface area contributed by atoms with Gasteiger partial charge in [-0.15, -0.1) is 0 Å². The summed E-state index contributed by atoms with van der Waals surface area (Å²) in [6.45, 7) is 1.30. The van der Waals surface area contributed by atoms with Gasteiger partial charge in [0, 0.05) is 38.9 Å². The Morgan fingerprint density at radius 3 is 2.11 bits per heavy atom. The summed E-state index contributed by atoms with van der Waals surface area (Å²) in [4.78, 5) is 43.4. The molecule has 1 saturated heterocycles. The van der Waals surface area contributed by atoms with E-state index in [9.17, 15) is 18.8 Å². The van der Waals surface area contributed by atoms with Crippen LogP contribution >= 0.6 is 0 Å². The molecular formula is C27H26FN3O4. The van der Waals surface area contributed by atoms with Crippen LogP contribution in [0.1, 0.15) is 20.7 Å². The van der Waals surface area contributed by atoms with Crippen LogP contribution in [-0.2, 0) is 9.53 Å². The molecule has 3 aromatic rings. The summed E-state index contributed by atoms with van der Waals surface area (Å²) in [6, 6.07) is 22.0. The van der Waals surface area contributed by atoms with Gasteiger partial charge in [0.25, 0.3) is 11.8 Å². The van der Waals surface area contributed by atoms with Gasteiger partial charge >= 0.3 is 5.97 Å². The number of nitrogens with zero attached hydrogens (tertiary/aromatic N) is 3. The predicted octanol–water partition coefficient (Wildman–Crippen LogP) is 3.61. The molecular weight excluding hydrogens is 449 g/mol. The van der Waals surface area contributed by atoms with Crippen LogP contribution in [0.25, 0.3) is 0 Å². The highest BCUT2D eigenvalue weighted by Gasteiger charge is 2.25. The molecule has 8 heteroatoms. The van der Waals surface area contributed by atoms with Crippen LogP contribution in [-0.4, -0.2) is 62.5 Å². The minimum atomic E-state index is -0.742. The van der Waals surface area contributed by atoms with Gasteiger partial charge < -0.3 is 19.4 Å². The lowest BCUT2D eigenvalue weighted by molar-refractivity contribution is -0.134. The number of benzene rings is 3. The fourth-order valence-electron chi connectivity index (χ4n) is 4.00. The van der Waals surface area contributed by atoms with Crippen LogP contribution in [0.3, 0.4) is 0 Å². The number of carbonyl (C=O) groups excluding carboxylic acids is 3. The SMILES string of the molecule is CN(C(=O)c1ccccc1C(=O)OCC(=O)N1CCN(c2ccccc2F)CC1)c1ccccc1. The number of rotatable bonds is 6. The minimum Gasteiger partial charge on any atom is -0.452 e. The Labute approximate surface area is 203 Å². The van der Waals surface area contributed by atoms with E-state index in [1.165, 1.54) is 17.0 Å². The molecule has 0 aromatic heterocycles. The lowest BCUT2D eigenvalue weighted by atomic mass is 10.1. The molecule has 1 aliphatic rings. The van der Waals surface area contributed by atoms with E-state index in [0.29, 0.717) is 37.6 Å². The molecule has 0 bridgehead atoms. The molecule has 35 heavy (non-hydrogen) atoms. The lowest BCUT2D eigenvalue weighted by Crippen LogP contribution is -2.50. The quantitative estimate of drug-likeness (QED) is 0.510. The first-order valence-electron chi connectivity index (χ1n) is 11.3. The number of anilines is 2. The van der Waals surface area contributed by atoms with Crippen LogP contribution in [0.5, 0.6) is 0 Å². The Balaban J connectivity index is 1.35. The molecule has 0 saturated carbocycles. The molecule has 0 N–H and O–H groups in total. The molecule has 7 nitrogen and oxygen atoms in total. The zero-order valence-electron chi connectivity index (χ0n) is 19.4. The van der Waals surface area contributed by atoms with Gasteiger partial charge in [-0.1, -0.05) is 42.5 Å². The maximum atomic E-state index is 14.0. The third-order valence-electron chi connectivity index (χ3n) is 5.98. The van der Waals surface area contributed by atoms with Crippen molar-refractivity contribution in [3.63, 3.8) is 0 Å². The fraction of sp³-hybridized carbons (Fsp3) is 0.222. The van der Waals surface area contributed by atoms with Crippen LogP contribution in [0.2, 0.25) is 0 Å². The molecule has 1 heterocycles. The van der Waals surface area contributed by atoms with Gasteiger partial charge in [0.2, 0.25) is 0 Å². The zero-order chi connectivity index (χ0) is 24.8. The van der Waals surface area contributed by atoms with Gasteiger partial charge in [0.1, 0.15) is 5.82 Å². The van der Waals surface area contributed by atoms with Crippen LogP contribution in [0.15, 0.2) is 78.9 Å². The van der Waals surface area contributed by atoms with Crippen molar-refractivity contribution in [3.05, 3.63) is 95.8 Å². The lowest BCUT2D eigenvalue weighted by Gasteiger charge is -2.36. The summed E-state index contributed by atoms with van der Waals surface area (Å²) in [5.41, 5.74) is 1.48. The molecule has 0 radical (unpaired) electrons. The standard InChI is InChI=1S/C27H26FN3O4/c1-29(20-9-3-2-4-10-20)26(33)21-11-5-6-12-22(21)27(34)35-19-25(32)31-17-15-30(16-18-31)24-14-8-7-13-23(24)28/h2-14H,15-19H2,1H3. The summed E-state index contributed by atoms with van der Waals surface area (Å²) in [7, 11) is 1.63. The van der Waals surface area contributed by atoms with Crippen LogP contribution in [0.4, 0.5) is 15.8 Å². The molecule has 0 atom stereocenters. The Hall–Kier alpha value is -4.20. The van der Waals surface area contributed by atoms with Crippen molar-refractivity contribution in [2.45, 2.75) is 0 Å². The molecule has 1 aliphatic heterocycles. The first-order chi connectivity index (χ1) is 17.0. The number of carbonyl (C=O) groups is 3. The average molecular weight is 476 g/mol. The maximum Gasteiger partial charge on any atom is 0.339 e. The number of esters is 1.